The first-order valence-electron chi connectivity index (χ1n) is 8.79. The fourth-order valence-corrected chi connectivity index (χ4v) is 5.92. The zero-order valence-corrected chi connectivity index (χ0v) is 16.7. The first kappa shape index (κ1) is 20.0. The summed E-state index contributed by atoms with van der Waals surface area (Å²) in [6.45, 7) is 4.09. The SMILES string of the molecule is CC1=CCCC1NC(=O)Nc1ccc(Cl)c(S(=O)(=O)C2COCC2C)c1O. The number of aromatic hydroxyl groups is 1. The molecule has 3 atom stereocenters. The lowest BCUT2D eigenvalue weighted by Crippen LogP contribution is -2.37. The van der Waals surface area contributed by atoms with E-state index < -0.39 is 26.9 Å². The van der Waals surface area contributed by atoms with Gasteiger partial charge in [0.2, 0.25) is 0 Å². The van der Waals surface area contributed by atoms with Crippen molar-refractivity contribution in [1.82, 2.24) is 5.32 Å². The number of hydrogen-bond acceptors (Lipinski definition) is 5. The number of nitrogens with one attached hydrogen (secondary N) is 2. The van der Waals surface area contributed by atoms with Crippen molar-refractivity contribution < 1.29 is 23.1 Å². The Bertz CT molecular complexity index is 884. The maximum Gasteiger partial charge on any atom is 0.319 e. The molecule has 1 aliphatic carbocycles. The summed E-state index contributed by atoms with van der Waals surface area (Å²) in [5.41, 5.74) is 1.06. The van der Waals surface area contributed by atoms with Crippen molar-refractivity contribution >= 4 is 33.2 Å². The van der Waals surface area contributed by atoms with Crippen LogP contribution < -0.4 is 10.6 Å². The van der Waals surface area contributed by atoms with Gasteiger partial charge in [0.25, 0.3) is 0 Å². The van der Waals surface area contributed by atoms with Gasteiger partial charge in [-0.05, 0) is 37.8 Å². The third-order valence-corrected chi connectivity index (χ3v) is 7.90. The Morgan fingerprint density at radius 3 is 2.67 bits per heavy atom. The summed E-state index contributed by atoms with van der Waals surface area (Å²) in [6.07, 6.45) is 3.76. The van der Waals surface area contributed by atoms with E-state index in [1.54, 1.807) is 6.92 Å². The number of anilines is 1. The van der Waals surface area contributed by atoms with E-state index in [2.05, 4.69) is 16.7 Å². The molecule has 1 fully saturated rings. The van der Waals surface area contributed by atoms with Crippen LogP contribution in [0.15, 0.2) is 28.7 Å². The number of benzene rings is 1. The third kappa shape index (κ3) is 3.93. The van der Waals surface area contributed by atoms with Gasteiger partial charge in [0.05, 0.1) is 35.2 Å². The van der Waals surface area contributed by atoms with Gasteiger partial charge in [-0.25, -0.2) is 13.2 Å². The van der Waals surface area contributed by atoms with E-state index in [4.69, 9.17) is 16.3 Å². The van der Waals surface area contributed by atoms with Gasteiger partial charge in [-0.15, -0.1) is 0 Å². The molecule has 0 aromatic heterocycles. The van der Waals surface area contributed by atoms with Crippen LogP contribution in [0.1, 0.15) is 26.7 Å². The van der Waals surface area contributed by atoms with Gasteiger partial charge < -0.3 is 20.5 Å². The summed E-state index contributed by atoms with van der Waals surface area (Å²) in [6, 6.07) is 2.14. The quantitative estimate of drug-likeness (QED) is 0.518. The minimum absolute atomic E-state index is 0.0123. The number of rotatable bonds is 4. The van der Waals surface area contributed by atoms with Crippen molar-refractivity contribution in [2.24, 2.45) is 5.92 Å². The first-order chi connectivity index (χ1) is 12.7. The van der Waals surface area contributed by atoms with Crippen LogP contribution in [0.25, 0.3) is 0 Å². The molecule has 1 aromatic rings. The van der Waals surface area contributed by atoms with E-state index in [1.807, 2.05) is 6.92 Å². The Kier molecular flexibility index (Phi) is 5.69. The van der Waals surface area contributed by atoms with Crippen molar-refractivity contribution in [1.29, 1.82) is 0 Å². The Balaban J connectivity index is 1.85. The molecule has 2 amide bonds. The number of halogens is 1. The summed E-state index contributed by atoms with van der Waals surface area (Å²) in [5.74, 6) is -0.780. The third-order valence-electron chi connectivity index (χ3n) is 5.09. The van der Waals surface area contributed by atoms with E-state index in [1.165, 1.54) is 12.1 Å². The first-order valence-corrected chi connectivity index (χ1v) is 10.7. The van der Waals surface area contributed by atoms with Gasteiger partial charge in [-0.3, -0.25) is 0 Å². The van der Waals surface area contributed by atoms with Gasteiger partial charge >= 0.3 is 6.03 Å². The lowest BCUT2D eigenvalue weighted by atomic mass is 10.2. The average molecular weight is 415 g/mol. The average Bonchev–Trinajstić information content (AvgIpc) is 3.19. The Labute approximate surface area is 163 Å². The minimum Gasteiger partial charge on any atom is -0.504 e. The van der Waals surface area contributed by atoms with Crippen LogP contribution in [0.2, 0.25) is 5.02 Å². The van der Waals surface area contributed by atoms with Crippen LogP contribution in [0.5, 0.6) is 5.75 Å². The minimum atomic E-state index is -3.93. The normalized spacial score (nSPS) is 25.3. The summed E-state index contributed by atoms with van der Waals surface area (Å²) < 4.78 is 31.2. The molecule has 27 heavy (non-hydrogen) atoms. The highest BCUT2D eigenvalue weighted by molar-refractivity contribution is 7.92. The van der Waals surface area contributed by atoms with Gasteiger partial charge in [-0.1, -0.05) is 30.2 Å². The second kappa shape index (κ2) is 7.69. The fourth-order valence-electron chi connectivity index (χ4n) is 3.46. The van der Waals surface area contributed by atoms with E-state index in [9.17, 15) is 18.3 Å². The molecule has 2 aliphatic rings. The molecule has 1 heterocycles. The molecule has 7 nitrogen and oxygen atoms in total. The molecule has 0 saturated carbocycles. The highest BCUT2D eigenvalue weighted by atomic mass is 35.5. The van der Waals surface area contributed by atoms with Gasteiger partial charge in [0.1, 0.15) is 4.90 Å². The maximum absolute atomic E-state index is 13.0. The van der Waals surface area contributed by atoms with Crippen LogP contribution in [0.4, 0.5) is 10.5 Å². The Morgan fingerprint density at radius 2 is 2.07 bits per heavy atom. The molecule has 9 heteroatoms. The Morgan fingerprint density at radius 1 is 1.33 bits per heavy atom. The number of phenols is 1. The predicted molar refractivity (Wildman–Crippen MR) is 103 cm³/mol. The number of allylic oxidation sites excluding steroid dienone is 1. The van der Waals surface area contributed by atoms with Crippen LogP contribution in [-0.4, -0.2) is 44.1 Å². The number of ether oxygens (including phenoxy) is 1. The predicted octanol–water partition coefficient (Wildman–Crippen LogP) is 3.08. The van der Waals surface area contributed by atoms with Crippen LogP contribution >= 0.6 is 11.6 Å². The van der Waals surface area contributed by atoms with E-state index >= 15 is 0 Å². The molecule has 3 rings (SSSR count). The van der Waals surface area contributed by atoms with Gasteiger partial charge in [-0.2, -0.15) is 0 Å². The summed E-state index contributed by atoms with van der Waals surface area (Å²) in [5, 5.41) is 15.0. The number of phenolic OH excluding ortho intramolecular Hbond substituents is 1. The summed E-state index contributed by atoms with van der Waals surface area (Å²) >= 11 is 6.09. The van der Waals surface area contributed by atoms with E-state index in [0.717, 1.165) is 18.4 Å². The molecular weight excluding hydrogens is 392 g/mol. The number of amides is 2. The molecular formula is C18H23ClN2O5S. The van der Waals surface area contributed by atoms with Crippen molar-refractivity contribution in [3.8, 4) is 5.75 Å². The second-order valence-electron chi connectivity index (χ2n) is 7.05. The smallest absolute Gasteiger partial charge is 0.319 e. The molecule has 1 saturated heterocycles. The number of hydrogen-bond donors (Lipinski definition) is 3. The molecule has 0 spiro atoms. The number of urea groups is 1. The molecule has 3 unspecified atom stereocenters. The largest absolute Gasteiger partial charge is 0.504 e. The highest BCUT2D eigenvalue weighted by Crippen LogP contribution is 2.40. The lowest BCUT2D eigenvalue weighted by molar-refractivity contribution is 0.188. The van der Waals surface area contributed by atoms with E-state index in [-0.39, 0.29) is 34.2 Å². The molecule has 1 aromatic carbocycles. The molecule has 148 valence electrons. The zero-order chi connectivity index (χ0) is 19.8. The maximum atomic E-state index is 13.0. The van der Waals surface area contributed by atoms with Crippen molar-refractivity contribution in [3.05, 3.63) is 28.8 Å². The number of sulfone groups is 1. The number of carbonyl (C=O) groups is 1. The van der Waals surface area contributed by atoms with E-state index in [0.29, 0.717) is 6.61 Å². The summed E-state index contributed by atoms with van der Waals surface area (Å²) in [4.78, 5) is 11.9. The molecule has 3 N–H and O–H groups in total. The highest BCUT2D eigenvalue weighted by Gasteiger charge is 2.40. The van der Waals surface area contributed by atoms with Crippen molar-refractivity contribution in [2.45, 2.75) is 42.9 Å². The van der Waals surface area contributed by atoms with Crippen molar-refractivity contribution in [3.63, 3.8) is 0 Å². The van der Waals surface area contributed by atoms with Gasteiger partial charge in [0.15, 0.2) is 15.6 Å². The van der Waals surface area contributed by atoms with Crippen LogP contribution in [-0.2, 0) is 14.6 Å². The topological polar surface area (TPSA) is 105 Å². The standard InChI is InChI=1S/C18H23ClN2O5S/c1-10-4-3-5-13(10)20-18(23)21-14-7-6-12(19)17(16(14)22)27(24,25)15-9-26-8-11(15)2/h4,6-7,11,13,15,22H,3,5,8-9H2,1-2H3,(H2,20,21,23). The summed E-state index contributed by atoms with van der Waals surface area (Å²) in [7, 11) is -3.93. The van der Waals surface area contributed by atoms with Gasteiger partial charge in [0, 0.05) is 0 Å². The molecule has 0 radical (unpaired) electrons. The molecule has 1 aliphatic heterocycles. The zero-order valence-electron chi connectivity index (χ0n) is 15.2. The lowest BCUT2D eigenvalue weighted by Gasteiger charge is -2.19. The second-order valence-corrected chi connectivity index (χ2v) is 9.56. The molecule has 0 bridgehead atoms. The van der Waals surface area contributed by atoms with Crippen LogP contribution in [0.3, 0.4) is 0 Å². The Hall–Kier alpha value is -1.77. The van der Waals surface area contributed by atoms with Crippen LogP contribution in [0, 0.1) is 5.92 Å². The number of carbonyl (C=O) groups excluding carboxylic acids is 1. The monoisotopic (exact) mass is 414 g/mol. The van der Waals surface area contributed by atoms with Crippen molar-refractivity contribution in [2.75, 3.05) is 18.5 Å². The fraction of sp³-hybridized carbons (Fsp3) is 0.500.